The van der Waals surface area contributed by atoms with E-state index in [1.807, 2.05) is 12.1 Å². The molecule has 25 heavy (non-hydrogen) atoms. The van der Waals surface area contributed by atoms with Gasteiger partial charge in [-0.05, 0) is 42.7 Å². The molecule has 1 amide bonds. The number of halogens is 1. The SMILES string of the molecule is C[C@H]1C[C@@H]1c1ccc(CN(C)C(=O)c2ccc(Cl)c(S(C)(=O)=O)c2)o1. The molecule has 0 radical (unpaired) electrons. The summed E-state index contributed by atoms with van der Waals surface area (Å²) in [6.07, 6.45) is 2.20. The molecule has 1 aromatic carbocycles. The van der Waals surface area contributed by atoms with Gasteiger partial charge in [-0.15, -0.1) is 0 Å². The molecule has 1 saturated carbocycles. The number of benzene rings is 1. The van der Waals surface area contributed by atoms with Gasteiger partial charge in [0.2, 0.25) is 0 Å². The minimum absolute atomic E-state index is 0.0450. The van der Waals surface area contributed by atoms with Crippen molar-refractivity contribution < 1.29 is 17.6 Å². The van der Waals surface area contributed by atoms with Crippen LogP contribution >= 0.6 is 11.6 Å². The first-order valence-corrected chi connectivity index (χ1v) is 10.3. The third kappa shape index (κ3) is 3.90. The van der Waals surface area contributed by atoms with Crippen molar-refractivity contribution in [2.24, 2.45) is 5.92 Å². The van der Waals surface area contributed by atoms with E-state index in [0.717, 1.165) is 18.4 Å². The number of sulfone groups is 1. The van der Waals surface area contributed by atoms with Crippen LogP contribution in [0, 0.1) is 5.92 Å². The zero-order valence-corrected chi connectivity index (χ0v) is 15.9. The van der Waals surface area contributed by atoms with Crippen LogP contribution in [0.4, 0.5) is 0 Å². The van der Waals surface area contributed by atoms with Crippen LogP contribution in [-0.2, 0) is 16.4 Å². The molecule has 0 saturated heterocycles. The second-order valence-electron chi connectivity index (χ2n) is 6.70. The molecule has 1 aliphatic carbocycles. The molecule has 0 unspecified atom stereocenters. The van der Waals surface area contributed by atoms with Gasteiger partial charge in [-0.1, -0.05) is 18.5 Å². The molecule has 0 N–H and O–H groups in total. The Labute approximate surface area is 152 Å². The Balaban J connectivity index is 1.75. The molecule has 1 aromatic heterocycles. The van der Waals surface area contributed by atoms with Crippen LogP contribution in [0.25, 0.3) is 0 Å². The predicted octanol–water partition coefficient (Wildman–Crippen LogP) is 3.73. The number of hydrogen-bond acceptors (Lipinski definition) is 4. The third-order valence-electron chi connectivity index (χ3n) is 4.47. The van der Waals surface area contributed by atoms with E-state index >= 15 is 0 Å². The molecule has 3 rings (SSSR count). The summed E-state index contributed by atoms with van der Waals surface area (Å²) in [4.78, 5) is 14.0. The topological polar surface area (TPSA) is 67.6 Å². The normalized spacial score (nSPS) is 19.7. The van der Waals surface area contributed by atoms with E-state index in [1.165, 1.54) is 23.1 Å². The zero-order valence-electron chi connectivity index (χ0n) is 14.3. The smallest absolute Gasteiger partial charge is 0.254 e. The van der Waals surface area contributed by atoms with Gasteiger partial charge in [0.1, 0.15) is 11.5 Å². The van der Waals surface area contributed by atoms with Crippen LogP contribution in [-0.4, -0.2) is 32.5 Å². The lowest BCUT2D eigenvalue weighted by Gasteiger charge is -2.16. The number of hydrogen-bond donors (Lipinski definition) is 0. The van der Waals surface area contributed by atoms with E-state index in [2.05, 4.69) is 6.92 Å². The molecule has 1 aliphatic rings. The Kier molecular flexibility index (Phi) is 4.68. The summed E-state index contributed by atoms with van der Waals surface area (Å²) < 4.78 is 29.3. The number of carbonyl (C=O) groups is 1. The van der Waals surface area contributed by atoms with E-state index in [9.17, 15) is 13.2 Å². The van der Waals surface area contributed by atoms with Crippen molar-refractivity contribution >= 4 is 27.3 Å². The lowest BCUT2D eigenvalue weighted by molar-refractivity contribution is 0.0774. The molecule has 0 spiro atoms. The predicted molar refractivity (Wildman–Crippen MR) is 95.6 cm³/mol. The molecule has 7 heteroatoms. The minimum atomic E-state index is -3.50. The van der Waals surface area contributed by atoms with Crippen LogP contribution in [0.15, 0.2) is 39.6 Å². The second-order valence-corrected chi connectivity index (χ2v) is 9.09. The first-order chi connectivity index (χ1) is 11.7. The van der Waals surface area contributed by atoms with Crippen molar-refractivity contribution in [1.82, 2.24) is 4.90 Å². The van der Waals surface area contributed by atoms with Crippen LogP contribution < -0.4 is 0 Å². The maximum Gasteiger partial charge on any atom is 0.254 e. The van der Waals surface area contributed by atoms with Crippen molar-refractivity contribution in [1.29, 1.82) is 0 Å². The Morgan fingerprint density at radius 1 is 1.32 bits per heavy atom. The monoisotopic (exact) mass is 381 g/mol. The summed E-state index contributed by atoms with van der Waals surface area (Å²) in [5.74, 6) is 2.53. The molecule has 134 valence electrons. The van der Waals surface area contributed by atoms with Gasteiger partial charge < -0.3 is 9.32 Å². The fraction of sp³-hybridized carbons (Fsp3) is 0.389. The molecule has 5 nitrogen and oxygen atoms in total. The van der Waals surface area contributed by atoms with Crippen molar-refractivity contribution in [3.05, 3.63) is 52.4 Å². The highest BCUT2D eigenvalue weighted by Crippen LogP contribution is 2.47. The standard InChI is InChI=1S/C18H20ClNO4S/c1-11-8-14(11)16-7-5-13(24-16)10-20(2)18(21)12-4-6-15(19)17(9-12)25(3,22)23/h4-7,9,11,14H,8,10H2,1-3H3/t11-,14-/m0/s1. The first-order valence-electron chi connectivity index (χ1n) is 8.00. The number of rotatable bonds is 5. The van der Waals surface area contributed by atoms with Gasteiger partial charge in [0.25, 0.3) is 5.91 Å². The molecule has 2 atom stereocenters. The van der Waals surface area contributed by atoms with Gasteiger partial charge in [0, 0.05) is 24.8 Å². The minimum Gasteiger partial charge on any atom is -0.464 e. The third-order valence-corrected chi connectivity index (χ3v) is 6.05. The second kappa shape index (κ2) is 6.50. The number of amides is 1. The van der Waals surface area contributed by atoms with Gasteiger partial charge >= 0.3 is 0 Å². The fourth-order valence-electron chi connectivity index (χ4n) is 2.84. The van der Waals surface area contributed by atoms with Gasteiger partial charge in [-0.3, -0.25) is 4.79 Å². The first kappa shape index (κ1) is 18.0. The highest BCUT2D eigenvalue weighted by Gasteiger charge is 2.36. The summed E-state index contributed by atoms with van der Waals surface area (Å²) in [7, 11) is -1.85. The number of carbonyl (C=O) groups excluding carboxylic acids is 1. The maximum absolute atomic E-state index is 12.6. The Hall–Kier alpha value is -1.79. The number of furan rings is 1. The van der Waals surface area contributed by atoms with Crippen molar-refractivity contribution in [2.45, 2.75) is 30.7 Å². The van der Waals surface area contributed by atoms with E-state index in [4.69, 9.17) is 16.0 Å². The Bertz CT molecular complexity index is 919. The van der Waals surface area contributed by atoms with Gasteiger partial charge in [0.05, 0.1) is 16.5 Å². The summed E-state index contributed by atoms with van der Waals surface area (Å²) in [5.41, 5.74) is 0.273. The van der Waals surface area contributed by atoms with E-state index in [-0.39, 0.29) is 21.4 Å². The molecular weight excluding hydrogens is 362 g/mol. The van der Waals surface area contributed by atoms with Crippen LogP contribution in [0.1, 0.15) is 41.1 Å². The lowest BCUT2D eigenvalue weighted by Crippen LogP contribution is -2.26. The molecular formula is C18H20ClNO4S. The maximum atomic E-state index is 12.6. The largest absolute Gasteiger partial charge is 0.464 e. The highest BCUT2D eigenvalue weighted by molar-refractivity contribution is 7.90. The summed E-state index contributed by atoms with van der Waals surface area (Å²) in [6.45, 7) is 2.50. The Morgan fingerprint density at radius 2 is 2.00 bits per heavy atom. The van der Waals surface area contributed by atoms with Crippen molar-refractivity contribution in [3.63, 3.8) is 0 Å². The van der Waals surface area contributed by atoms with E-state index in [1.54, 1.807) is 7.05 Å². The summed E-state index contributed by atoms with van der Waals surface area (Å²) in [5, 5.41) is 0.107. The summed E-state index contributed by atoms with van der Waals surface area (Å²) >= 11 is 5.93. The van der Waals surface area contributed by atoms with Gasteiger partial charge in [-0.2, -0.15) is 0 Å². The van der Waals surface area contributed by atoms with Crippen LogP contribution in [0.3, 0.4) is 0 Å². The summed E-state index contributed by atoms with van der Waals surface area (Å²) in [6, 6.07) is 8.11. The average molecular weight is 382 g/mol. The molecule has 1 heterocycles. The van der Waals surface area contributed by atoms with Crippen LogP contribution in [0.2, 0.25) is 5.02 Å². The van der Waals surface area contributed by atoms with Gasteiger partial charge in [-0.25, -0.2) is 8.42 Å². The average Bonchev–Trinajstić information content (AvgIpc) is 3.08. The van der Waals surface area contributed by atoms with Gasteiger partial charge in [0.15, 0.2) is 9.84 Å². The Morgan fingerprint density at radius 3 is 2.60 bits per heavy atom. The zero-order chi connectivity index (χ0) is 18.4. The molecule has 1 fully saturated rings. The fourth-order valence-corrected chi connectivity index (χ4v) is 4.15. The lowest BCUT2D eigenvalue weighted by atomic mass is 10.2. The molecule has 0 bridgehead atoms. The van der Waals surface area contributed by atoms with Crippen molar-refractivity contribution in [2.75, 3.05) is 13.3 Å². The molecule has 2 aromatic rings. The van der Waals surface area contributed by atoms with E-state index in [0.29, 0.717) is 24.1 Å². The van der Waals surface area contributed by atoms with Crippen LogP contribution in [0.5, 0.6) is 0 Å². The number of nitrogens with zero attached hydrogens (tertiary/aromatic N) is 1. The van der Waals surface area contributed by atoms with E-state index < -0.39 is 9.84 Å². The van der Waals surface area contributed by atoms with Crippen molar-refractivity contribution in [3.8, 4) is 0 Å². The highest BCUT2D eigenvalue weighted by atomic mass is 35.5. The molecule has 0 aliphatic heterocycles. The quantitative estimate of drug-likeness (QED) is 0.791.